The van der Waals surface area contributed by atoms with E-state index in [0.29, 0.717) is 0 Å². The third-order valence-corrected chi connectivity index (χ3v) is 5.56. The van der Waals surface area contributed by atoms with E-state index in [-0.39, 0.29) is 12.1 Å². The van der Waals surface area contributed by atoms with Crippen LogP contribution in [-0.2, 0) is 13.0 Å². The van der Waals surface area contributed by atoms with E-state index in [4.69, 9.17) is 0 Å². The van der Waals surface area contributed by atoms with E-state index in [9.17, 15) is 4.79 Å². The van der Waals surface area contributed by atoms with Crippen molar-refractivity contribution in [1.82, 2.24) is 15.1 Å². The van der Waals surface area contributed by atoms with Crippen LogP contribution in [0.5, 0.6) is 0 Å². The van der Waals surface area contributed by atoms with Crippen molar-refractivity contribution in [2.24, 2.45) is 0 Å². The van der Waals surface area contributed by atoms with Crippen molar-refractivity contribution in [1.29, 1.82) is 0 Å². The Labute approximate surface area is 154 Å². The number of carbonyl (C=O) groups excluding carboxylic acids is 1. The topological polar surface area (TPSA) is 35.6 Å². The fourth-order valence-corrected chi connectivity index (χ4v) is 3.88. The van der Waals surface area contributed by atoms with E-state index in [0.717, 1.165) is 45.6 Å². The van der Waals surface area contributed by atoms with Gasteiger partial charge in [-0.25, -0.2) is 4.79 Å². The molecule has 0 spiro atoms. The van der Waals surface area contributed by atoms with Gasteiger partial charge in [0.25, 0.3) is 0 Å². The molecule has 2 heterocycles. The van der Waals surface area contributed by atoms with Gasteiger partial charge in [0.05, 0.1) is 0 Å². The molecule has 0 unspecified atom stereocenters. The van der Waals surface area contributed by atoms with Crippen LogP contribution in [0.3, 0.4) is 0 Å². The molecular formula is C20H27N3OS. The quantitative estimate of drug-likeness (QED) is 0.857. The maximum absolute atomic E-state index is 12.4. The van der Waals surface area contributed by atoms with Gasteiger partial charge < -0.3 is 10.2 Å². The first kappa shape index (κ1) is 18.0. The molecule has 1 N–H and O–H groups in total. The standard InChI is InChI=1S/C20H27N3OS/c1-17(9-10-18-6-3-2-4-7-18)21-20(24)23-13-11-22(12-14-23)16-19-8-5-15-25-19/h2-8,15,17H,9-14,16H2,1H3,(H,21,24)/t17-/m1/s1. The molecule has 0 bridgehead atoms. The normalized spacial score (nSPS) is 16.6. The smallest absolute Gasteiger partial charge is 0.317 e. The predicted molar refractivity (Wildman–Crippen MR) is 104 cm³/mol. The largest absolute Gasteiger partial charge is 0.336 e. The lowest BCUT2D eigenvalue weighted by molar-refractivity contribution is 0.134. The van der Waals surface area contributed by atoms with Crippen LogP contribution >= 0.6 is 11.3 Å². The lowest BCUT2D eigenvalue weighted by atomic mass is 10.1. The minimum atomic E-state index is 0.0799. The summed E-state index contributed by atoms with van der Waals surface area (Å²) in [6.45, 7) is 6.60. The highest BCUT2D eigenvalue weighted by atomic mass is 32.1. The van der Waals surface area contributed by atoms with Crippen molar-refractivity contribution in [3.8, 4) is 0 Å². The zero-order valence-corrected chi connectivity index (χ0v) is 15.7. The van der Waals surface area contributed by atoms with Gasteiger partial charge in [0, 0.05) is 43.6 Å². The number of hydrogen-bond donors (Lipinski definition) is 1. The lowest BCUT2D eigenvalue weighted by Crippen LogP contribution is -2.52. The van der Waals surface area contributed by atoms with Gasteiger partial charge in [-0.3, -0.25) is 4.90 Å². The van der Waals surface area contributed by atoms with Crippen LogP contribution in [0.1, 0.15) is 23.8 Å². The molecule has 1 fully saturated rings. The first-order chi connectivity index (χ1) is 12.2. The molecule has 1 saturated heterocycles. The second-order valence-electron chi connectivity index (χ2n) is 6.72. The Morgan fingerprint density at radius 3 is 2.56 bits per heavy atom. The summed E-state index contributed by atoms with van der Waals surface area (Å²) < 4.78 is 0. The monoisotopic (exact) mass is 357 g/mol. The molecule has 2 amide bonds. The van der Waals surface area contributed by atoms with Crippen molar-refractivity contribution >= 4 is 17.4 Å². The molecule has 1 aromatic heterocycles. The summed E-state index contributed by atoms with van der Waals surface area (Å²) in [6.07, 6.45) is 1.96. The van der Waals surface area contributed by atoms with Crippen LogP contribution < -0.4 is 5.32 Å². The molecule has 3 rings (SSSR count). The number of nitrogens with one attached hydrogen (secondary N) is 1. The number of piperazine rings is 1. The average molecular weight is 358 g/mol. The Kier molecular flexibility index (Phi) is 6.48. The van der Waals surface area contributed by atoms with Crippen molar-refractivity contribution < 1.29 is 4.79 Å². The van der Waals surface area contributed by atoms with E-state index >= 15 is 0 Å². The molecule has 0 saturated carbocycles. The number of amides is 2. The molecule has 4 nitrogen and oxygen atoms in total. The number of thiophene rings is 1. The van der Waals surface area contributed by atoms with Gasteiger partial charge in [-0.2, -0.15) is 0 Å². The zero-order valence-electron chi connectivity index (χ0n) is 14.9. The zero-order chi connectivity index (χ0) is 17.5. The minimum Gasteiger partial charge on any atom is -0.336 e. The van der Waals surface area contributed by atoms with Gasteiger partial charge in [0.1, 0.15) is 0 Å². The molecule has 2 aromatic rings. The molecule has 134 valence electrons. The third-order valence-electron chi connectivity index (χ3n) is 4.70. The fourth-order valence-electron chi connectivity index (χ4n) is 3.13. The Morgan fingerprint density at radius 1 is 1.12 bits per heavy atom. The highest BCUT2D eigenvalue weighted by Crippen LogP contribution is 2.13. The second-order valence-corrected chi connectivity index (χ2v) is 7.75. The summed E-state index contributed by atoms with van der Waals surface area (Å²) in [7, 11) is 0. The molecule has 0 radical (unpaired) electrons. The van der Waals surface area contributed by atoms with Gasteiger partial charge in [-0.05, 0) is 36.8 Å². The lowest BCUT2D eigenvalue weighted by Gasteiger charge is -2.35. The summed E-state index contributed by atoms with van der Waals surface area (Å²) in [6, 6.07) is 15.0. The number of benzene rings is 1. The number of carbonyl (C=O) groups is 1. The van der Waals surface area contributed by atoms with Crippen molar-refractivity contribution in [3.05, 3.63) is 58.3 Å². The molecule has 0 aliphatic carbocycles. The summed E-state index contributed by atoms with van der Waals surface area (Å²) in [5, 5.41) is 5.27. The number of hydrogen-bond acceptors (Lipinski definition) is 3. The van der Waals surface area contributed by atoms with Crippen LogP contribution in [0.4, 0.5) is 4.79 Å². The minimum absolute atomic E-state index is 0.0799. The fraction of sp³-hybridized carbons (Fsp3) is 0.450. The van der Waals surface area contributed by atoms with E-state index in [1.54, 1.807) is 11.3 Å². The Morgan fingerprint density at radius 2 is 1.88 bits per heavy atom. The van der Waals surface area contributed by atoms with E-state index in [1.165, 1.54) is 10.4 Å². The molecule has 1 aliphatic rings. The first-order valence-corrected chi connectivity index (χ1v) is 9.93. The maximum Gasteiger partial charge on any atom is 0.317 e. The van der Waals surface area contributed by atoms with Gasteiger partial charge in [-0.15, -0.1) is 11.3 Å². The van der Waals surface area contributed by atoms with E-state index in [1.807, 2.05) is 11.0 Å². The van der Waals surface area contributed by atoms with Gasteiger partial charge in [0.15, 0.2) is 0 Å². The third kappa shape index (κ3) is 5.58. The summed E-state index contributed by atoms with van der Waals surface area (Å²) in [5.41, 5.74) is 1.32. The van der Waals surface area contributed by atoms with Crippen LogP contribution in [0.25, 0.3) is 0 Å². The molecular weight excluding hydrogens is 330 g/mol. The first-order valence-electron chi connectivity index (χ1n) is 9.05. The van der Waals surface area contributed by atoms with Crippen molar-refractivity contribution in [3.63, 3.8) is 0 Å². The Bertz CT molecular complexity index is 636. The predicted octanol–water partition coefficient (Wildman–Crippen LogP) is 3.60. The van der Waals surface area contributed by atoms with Crippen LogP contribution in [-0.4, -0.2) is 48.1 Å². The molecule has 1 aromatic carbocycles. The van der Waals surface area contributed by atoms with Crippen molar-refractivity contribution in [2.75, 3.05) is 26.2 Å². The van der Waals surface area contributed by atoms with Gasteiger partial charge in [0.2, 0.25) is 0 Å². The maximum atomic E-state index is 12.4. The number of nitrogens with zero attached hydrogens (tertiary/aromatic N) is 2. The molecule has 5 heteroatoms. The van der Waals surface area contributed by atoms with Crippen molar-refractivity contribution in [2.45, 2.75) is 32.4 Å². The second kappa shape index (κ2) is 9.02. The molecule has 25 heavy (non-hydrogen) atoms. The molecule has 1 atom stereocenters. The highest BCUT2D eigenvalue weighted by Gasteiger charge is 2.22. The average Bonchev–Trinajstić information content (AvgIpc) is 3.14. The van der Waals surface area contributed by atoms with E-state index in [2.05, 4.69) is 58.9 Å². The SMILES string of the molecule is C[C@H](CCc1ccccc1)NC(=O)N1CCN(Cc2cccs2)CC1. The van der Waals surface area contributed by atoms with Crippen LogP contribution in [0.15, 0.2) is 47.8 Å². The number of urea groups is 1. The molecule has 1 aliphatic heterocycles. The van der Waals surface area contributed by atoms with Crippen LogP contribution in [0, 0.1) is 0 Å². The van der Waals surface area contributed by atoms with Gasteiger partial charge >= 0.3 is 6.03 Å². The Hall–Kier alpha value is -1.85. The van der Waals surface area contributed by atoms with Gasteiger partial charge in [-0.1, -0.05) is 36.4 Å². The summed E-state index contributed by atoms with van der Waals surface area (Å²) in [5.74, 6) is 0. The summed E-state index contributed by atoms with van der Waals surface area (Å²) >= 11 is 1.80. The summed E-state index contributed by atoms with van der Waals surface area (Å²) in [4.78, 5) is 18.2. The Balaban J connectivity index is 1.37. The van der Waals surface area contributed by atoms with Crippen LogP contribution in [0.2, 0.25) is 0 Å². The van der Waals surface area contributed by atoms with E-state index < -0.39 is 0 Å². The number of aryl methyl sites for hydroxylation is 1. The number of rotatable bonds is 6. The highest BCUT2D eigenvalue weighted by molar-refractivity contribution is 7.09.